The molecule has 1 aliphatic rings. The molecule has 28 heavy (non-hydrogen) atoms. The number of nitrogens with one attached hydrogen (secondary N) is 1. The first-order chi connectivity index (χ1) is 13.2. The molecule has 1 heterocycles. The van der Waals surface area contributed by atoms with Crippen LogP contribution in [0.5, 0.6) is 0 Å². The number of carbonyl (C=O) groups excluding carboxylic acids is 2. The number of nitrogens with zero attached hydrogens (tertiary/aromatic N) is 1. The van der Waals surface area contributed by atoms with E-state index in [1.165, 1.54) is 28.8 Å². The van der Waals surface area contributed by atoms with Crippen molar-refractivity contribution in [3.05, 3.63) is 54.1 Å². The predicted octanol–water partition coefficient (Wildman–Crippen LogP) is 2.36. The van der Waals surface area contributed by atoms with Gasteiger partial charge < -0.3 is 10.2 Å². The summed E-state index contributed by atoms with van der Waals surface area (Å²) in [6.07, 6.45) is 0.0422. The first-order valence-corrected chi connectivity index (χ1v) is 11.0. The van der Waals surface area contributed by atoms with Crippen molar-refractivity contribution in [2.24, 2.45) is 5.14 Å². The Labute approximate surface area is 168 Å². The number of hydrogen-bond acceptors (Lipinski definition) is 5. The van der Waals surface area contributed by atoms with E-state index in [4.69, 9.17) is 5.14 Å². The summed E-state index contributed by atoms with van der Waals surface area (Å²) in [4.78, 5) is 27.5. The molecule has 0 fully saturated rings. The molecule has 2 unspecified atom stereocenters. The number of fused-ring (bicyclic) bond motifs is 1. The average molecular weight is 420 g/mol. The van der Waals surface area contributed by atoms with Gasteiger partial charge in [0.05, 0.1) is 21.9 Å². The monoisotopic (exact) mass is 419 g/mol. The quantitative estimate of drug-likeness (QED) is 0.773. The van der Waals surface area contributed by atoms with Gasteiger partial charge in [0.25, 0.3) is 0 Å². The number of primary sulfonamides is 1. The third-order valence-corrected chi connectivity index (χ3v) is 6.90. The molecule has 2 amide bonds. The van der Waals surface area contributed by atoms with Gasteiger partial charge in [0.2, 0.25) is 21.8 Å². The summed E-state index contributed by atoms with van der Waals surface area (Å²) in [7, 11) is -2.19. The van der Waals surface area contributed by atoms with E-state index in [0.717, 1.165) is 10.6 Å². The molecule has 0 radical (unpaired) electrons. The third kappa shape index (κ3) is 4.37. The summed E-state index contributed by atoms with van der Waals surface area (Å²) in [5.74, 6) is -0.408. The molecule has 0 saturated heterocycles. The van der Waals surface area contributed by atoms with Crippen molar-refractivity contribution in [2.45, 2.75) is 34.4 Å². The number of anilines is 1. The Morgan fingerprint density at radius 2 is 1.96 bits per heavy atom. The van der Waals surface area contributed by atoms with Gasteiger partial charge in [-0.1, -0.05) is 24.3 Å². The van der Waals surface area contributed by atoms with E-state index >= 15 is 0 Å². The number of hydrogen-bond donors (Lipinski definition) is 2. The van der Waals surface area contributed by atoms with Gasteiger partial charge in [-0.15, -0.1) is 11.8 Å². The zero-order valence-electron chi connectivity index (χ0n) is 15.5. The third-order valence-electron chi connectivity index (χ3n) is 4.71. The average Bonchev–Trinajstić information content (AvgIpc) is 2.66. The number of benzene rings is 2. The second kappa shape index (κ2) is 7.94. The summed E-state index contributed by atoms with van der Waals surface area (Å²) in [6, 6.07) is 13.3. The van der Waals surface area contributed by atoms with E-state index in [9.17, 15) is 18.0 Å². The highest BCUT2D eigenvalue weighted by Gasteiger charge is 2.31. The van der Waals surface area contributed by atoms with Crippen LogP contribution in [0.1, 0.15) is 24.9 Å². The van der Waals surface area contributed by atoms with E-state index in [0.29, 0.717) is 5.56 Å². The first-order valence-electron chi connectivity index (χ1n) is 8.62. The molecule has 0 spiro atoms. The fraction of sp³-hybridized carbons (Fsp3) is 0.263. The molecule has 2 atom stereocenters. The number of nitrogens with two attached hydrogens (primary N) is 1. The molecule has 1 aliphatic heterocycles. The molecular formula is C19H21N3O4S2. The van der Waals surface area contributed by atoms with Crippen LogP contribution in [0.4, 0.5) is 5.69 Å². The van der Waals surface area contributed by atoms with Crippen LogP contribution >= 0.6 is 11.8 Å². The summed E-state index contributed by atoms with van der Waals surface area (Å²) < 4.78 is 23.1. The van der Waals surface area contributed by atoms with Gasteiger partial charge in [-0.2, -0.15) is 0 Å². The van der Waals surface area contributed by atoms with Gasteiger partial charge in [-0.25, -0.2) is 13.6 Å². The maximum Gasteiger partial charge on any atom is 0.238 e. The van der Waals surface area contributed by atoms with Gasteiger partial charge in [0, 0.05) is 18.4 Å². The van der Waals surface area contributed by atoms with Crippen LogP contribution in [-0.4, -0.2) is 37.4 Å². The normalized spacial score (nSPS) is 17.4. The lowest BCUT2D eigenvalue weighted by molar-refractivity contribution is -0.133. The van der Waals surface area contributed by atoms with E-state index in [2.05, 4.69) is 5.32 Å². The molecule has 0 aliphatic carbocycles. The van der Waals surface area contributed by atoms with E-state index in [-0.39, 0.29) is 29.2 Å². The number of rotatable bonds is 5. The van der Waals surface area contributed by atoms with Gasteiger partial charge in [0.15, 0.2) is 0 Å². The standard InChI is InChI=1S/C19H21N3O4S2/c1-12(13-6-5-7-14(10-13)28(20,25)26)22(2)18(23)11-17-19(24)21-15-8-3-4-9-16(15)27-17/h3-10,12,17H,11H2,1-2H3,(H,21,24)(H2,20,25,26). The molecule has 3 N–H and O–H groups in total. The highest BCUT2D eigenvalue weighted by Crippen LogP contribution is 2.37. The summed E-state index contributed by atoms with van der Waals surface area (Å²) >= 11 is 1.37. The second-order valence-corrected chi connectivity index (χ2v) is 9.40. The number of carbonyl (C=O) groups is 2. The number of sulfonamides is 1. The highest BCUT2D eigenvalue weighted by molar-refractivity contribution is 8.01. The fourth-order valence-corrected chi connectivity index (χ4v) is 4.59. The predicted molar refractivity (Wildman–Crippen MR) is 108 cm³/mol. The number of para-hydroxylation sites is 1. The molecule has 148 valence electrons. The lowest BCUT2D eigenvalue weighted by atomic mass is 10.1. The van der Waals surface area contributed by atoms with Crippen LogP contribution in [0.25, 0.3) is 0 Å². The first kappa shape index (κ1) is 20.4. The lowest BCUT2D eigenvalue weighted by Gasteiger charge is -2.29. The van der Waals surface area contributed by atoms with Crippen LogP contribution in [-0.2, 0) is 19.6 Å². The smallest absolute Gasteiger partial charge is 0.238 e. The second-order valence-electron chi connectivity index (χ2n) is 6.59. The Bertz CT molecular complexity index is 1020. The van der Waals surface area contributed by atoms with E-state index in [1.807, 2.05) is 24.3 Å². The lowest BCUT2D eigenvalue weighted by Crippen LogP contribution is -2.36. The zero-order chi connectivity index (χ0) is 20.5. The van der Waals surface area contributed by atoms with Crippen molar-refractivity contribution < 1.29 is 18.0 Å². The Morgan fingerprint density at radius 1 is 1.25 bits per heavy atom. The van der Waals surface area contributed by atoms with Crippen LogP contribution in [0.2, 0.25) is 0 Å². The maximum absolute atomic E-state index is 12.8. The van der Waals surface area contributed by atoms with Crippen LogP contribution in [0, 0.1) is 0 Å². The Hall–Kier alpha value is -2.36. The molecule has 7 nitrogen and oxygen atoms in total. The van der Waals surface area contributed by atoms with Crippen molar-refractivity contribution in [3.8, 4) is 0 Å². The topological polar surface area (TPSA) is 110 Å². The highest BCUT2D eigenvalue weighted by atomic mass is 32.2. The van der Waals surface area contributed by atoms with Gasteiger partial charge in [0.1, 0.15) is 0 Å². The van der Waals surface area contributed by atoms with E-state index in [1.54, 1.807) is 26.1 Å². The summed E-state index contributed by atoms with van der Waals surface area (Å²) in [6.45, 7) is 1.80. The molecule has 2 aromatic carbocycles. The Balaban J connectivity index is 1.72. The summed E-state index contributed by atoms with van der Waals surface area (Å²) in [5.41, 5.74) is 1.40. The summed E-state index contributed by atoms with van der Waals surface area (Å²) in [5, 5.41) is 7.49. The Morgan fingerprint density at radius 3 is 2.68 bits per heavy atom. The van der Waals surface area contributed by atoms with Crippen molar-refractivity contribution in [1.82, 2.24) is 4.90 Å². The van der Waals surface area contributed by atoms with Crippen LogP contribution in [0.15, 0.2) is 58.3 Å². The molecule has 2 aromatic rings. The SMILES string of the molecule is CC(c1cccc(S(N)(=O)=O)c1)N(C)C(=O)CC1Sc2ccccc2NC1=O. The van der Waals surface area contributed by atoms with Crippen molar-refractivity contribution in [1.29, 1.82) is 0 Å². The molecule has 0 aromatic heterocycles. The molecule has 0 bridgehead atoms. The minimum atomic E-state index is -3.82. The van der Waals surface area contributed by atoms with Crippen LogP contribution in [0.3, 0.4) is 0 Å². The largest absolute Gasteiger partial charge is 0.339 e. The van der Waals surface area contributed by atoms with Crippen molar-refractivity contribution in [3.63, 3.8) is 0 Å². The fourth-order valence-electron chi connectivity index (χ4n) is 2.92. The molecule has 3 rings (SSSR count). The minimum absolute atomic E-state index is 0.00322. The number of thioether (sulfide) groups is 1. The number of amides is 2. The molecule has 0 saturated carbocycles. The molecular weight excluding hydrogens is 398 g/mol. The van der Waals surface area contributed by atoms with Gasteiger partial charge in [-0.3, -0.25) is 9.59 Å². The van der Waals surface area contributed by atoms with Gasteiger partial charge in [-0.05, 0) is 36.8 Å². The van der Waals surface area contributed by atoms with Crippen LogP contribution < -0.4 is 10.5 Å². The zero-order valence-corrected chi connectivity index (χ0v) is 17.1. The Kier molecular flexibility index (Phi) is 5.78. The van der Waals surface area contributed by atoms with Crippen molar-refractivity contribution in [2.75, 3.05) is 12.4 Å². The maximum atomic E-state index is 12.8. The van der Waals surface area contributed by atoms with Crippen molar-refractivity contribution >= 4 is 39.3 Å². The van der Waals surface area contributed by atoms with Gasteiger partial charge >= 0.3 is 0 Å². The van der Waals surface area contributed by atoms with E-state index < -0.39 is 15.3 Å². The molecule has 9 heteroatoms. The minimum Gasteiger partial charge on any atom is -0.339 e.